The van der Waals surface area contributed by atoms with Crippen molar-refractivity contribution in [2.75, 3.05) is 26.7 Å². The summed E-state index contributed by atoms with van der Waals surface area (Å²) < 4.78 is 0. The van der Waals surface area contributed by atoms with Crippen LogP contribution in [-0.2, 0) is 4.79 Å². The van der Waals surface area contributed by atoms with Crippen LogP contribution in [0, 0.1) is 0 Å². The predicted octanol–water partition coefficient (Wildman–Crippen LogP) is 1.11. The minimum absolute atomic E-state index is 0.179. The van der Waals surface area contributed by atoms with E-state index in [0.29, 0.717) is 12.6 Å². The molecule has 4 heteroatoms. The highest BCUT2D eigenvalue weighted by molar-refractivity contribution is 5.78. The van der Waals surface area contributed by atoms with E-state index in [-0.39, 0.29) is 5.91 Å². The number of nitrogens with zero attached hydrogens (tertiary/aromatic N) is 1. The van der Waals surface area contributed by atoms with E-state index < -0.39 is 0 Å². The van der Waals surface area contributed by atoms with Gasteiger partial charge in [0.25, 0.3) is 0 Å². The van der Waals surface area contributed by atoms with Crippen molar-refractivity contribution in [3.05, 3.63) is 0 Å². The van der Waals surface area contributed by atoms with Gasteiger partial charge in [0.1, 0.15) is 0 Å². The van der Waals surface area contributed by atoms with Gasteiger partial charge in [0, 0.05) is 6.04 Å². The van der Waals surface area contributed by atoms with Gasteiger partial charge >= 0.3 is 0 Å². The van der Waals surface area contributed by atoms with E-state index in [4.69, 9.17) is 5.73 Å². The van der Waals surface area contributed by atoms with E-state index in [1.165, 1.54) is 12.8 Å². The van der Waals surface area contributed by atoms with E-state index in [1.54, 1.807) is 0 Å². The van der Waals surface area contributed by atoms with E-state index in [1.807, 2.05) is 7.05 Å². The van der Waals surface area contributed by atoms with Gasteiger partial charge in [-0.1, -0.05) is 19.3 Å². The predicted molar refractivity (Wildman–Crippen MR) is 70.8 cm³/mol. The third-order valence-electron chi connectivity index (χ3n) is 3.38. The van der Waals surface area contributed by atoms with Crippen LogP contribution < -0.4 is 11.1 Å². The lowest BCUT2D eigenvalue weighted by atomic mass is 10.2. The number of hydrogen-bond acceptors (Lipinski definition) is 3. The van der Waals surface area contributed by atoms with Crippen LogP contribution in [0.15, 0.2) is 0 Å². The molecule has 0 aromatic carbocycles. The third kappa shape index (κ3) is 6.64. The van der Waals surface area contributed by atoms with Crippen molar-refractivity contribution >= 4 is 5.91 Å². The van der Waals surface area contributed by atoms with Crippen molar-refractivity contribution in [1.29, 1.82) is 0 Å². The van der Waals surface area contributed by atoms with Gasteiger partial charge < -0.3 is 11.1 Å². The Morgan fingerprint density at radius 2 is 2.00 bits per heavy atom. The van der Waals surface area contributed by atoms with Gasteiger partial charge in [-0.2, -0.15) is 0 Å². The molecule has 0 aromatic heterocycles. The van der Waals surface area contributed by atoms with Gasteiger partial charge in [0.05, 0.1) is 6.54 Å². The first kappa shape index (κ1) is 14.5. The van der Waals surface area contributed by atoms with Crippen LogP contribution in [0.4, 0.5) is 0 Å². The Balaban J connectivity index is 2.03. The Labute approximate surface area is 105 Å². The van der Waals surface area contributed by atoms with Crippen LogP contribution >= 0.6 is 0 Å². The normalized spacial score (nSPS) is 16.6. The molecule has 1 aliphatic carbocycles. The van der Waals surface area contributed by atoms with Gasteiger partial charge in [0.2, 0.25) is 5.91 Å². The van der Waals surface area contributed by atoms with Crippen molar-refractivity contribution in [2.45, 2.75) is 51.0 Å². The van der Waals surface area contributed by atoms with Gasteiger partial charge in [-0.3, -0.25) is 9.69 Å². The molecule has 1 rings (SSSR count). The first-order valence-electron chi connectivity index (χ1n) is 6.90. The summed E-state index contributed by atoms with van der Waals surface area (Å²) in [7, 11) is 2.01. The Hall–Kier alpha value is -0.610. The first-order valence-corrected chi connectivity index (χ1v) is 6.90. The summed E-state index contributed by atoms with van der Waals surface area (Å²) in [4.78, 5) is 13.8. The standard InChI is InChI=1S/C13H27N3O/c1-16(10-6-2-5-9-14)11-13(17)15-12-7-3-4-8-12/h12H,2-11,14H2,1H3,(H,15,17). The van der Waals surface area contributed by atoms with Crippen molar-refractivity contribution in [3.63, 3.8) is 0 Å². The molecule has 0 aromatic rings. The topological polar surface area (TPSA) is 58.4 Å². The van der Waals surface area contributed by atoms with E-state index in [0.717, 1.165) is 45.2 Å². The fourth-order valence-electron chi connectivity index (χ4n) is 2.37. The molecule has 0 atom stereocenters. The maximum absolute atomic E-state index is 11.7. The number of amides is 1. The molecule has 0 heterocycles. The maximum atomic E-state index is 11.7. The zero-order valence-electron chi connectivity index (χ0n) is 11.1. The maximum Gasteiger partial charge on any atom is 0.234 e. The van der Waals surface area contributed by atoms with Crippen LogP contribution in [0.25, 0.3) is 0 Å². The van der Waals surface area contributed by atoms with Crippen molar-refractivity contribution < 1.29 is 4.79 Å². The van der Waals surface area contributed by atoms with E-state index in [2.05, 4.69) is 10.2 Å². The highest BCUT2D eigenvalue weighted by atomic mass is 16.2. The number of rotatable bonds is 8. The van der Waals surface area contributed by atoms with Crippen LogP contribution in [0.2, 0.25) is 0 Å². The lowest BCUT2D eigenvalue weighted by Gasteiger charge is -2.18. The number of hydrogen-bond donors (Lipinski definition) is 2. The van der Waals surface area contributed by atoms with Crippen molar-refractivity contribution in [3.8, 4) is 0 Å². The van der Waals surface area contributed by atoms with Gasteiger partial charge in [-0.15, -0.1) is 0 Å². The largest absolute Gasteiger partial charge is 0.352 e. The Morgan fingerprint density at radius 1 is 1.29 bits per heavy atom. The minimum Gasteiger partial charge on any atom is -0.352 e. The highest BCUT2D eigenvalue weighted by Gasteiger charge is 2.17. The average molecular weight is 241 g/mol. The SMILES string of the molecule is CN(CCCCCN)CC(=O)NC1CCCC1. The molecule has 17 heavy (non-hydrogen) atoms. The highest BCUT2D eigenvalue weighted by Crippen LogP contribution is 2.17. The number of carbonyl (C=O) groups is 1. The van der Waals surface area contributed by atoms with Crippen molar-refractivity contribution in [1.82, 2.24) is 10.2 Å². The summed E-state index contributed by atoms with van der Waals surface area (Å²) in [5.41, 5.74) is 5.44. The number of unbranched alkanes of at least 4 members (excludes halogenated alkanes) is 2. The number of carbonyl (C=O) groups excluding carboxylic acids is 1. The number of likely N-dealkylation sites (N-methyl/N-ethyl adjacent to an activating group) is 1. The lowest BCUT2D eigenvalue weighted by Crippen LogP contribution is -2.40. The number of nitrogens with two attached hydrogens (primary N) is 1. The van der Waals surface area contributed by atoms with Crippen molar-refractivity contribution in [2.24, 2.45) is 5.73 Å². The quantitative estimate of drug-likeness (QED) is 0.626. The molecule has 100 valence electrons. The fraction of sp³-hybridized carbons (Fsp3) is 0.923. The second-order valence-corrected chi connectivity index (χ2v) is 5.14. The second-order valence-electron chi connectivity index (χ2n) is 5.14. The summed E-state index contributed by atoms with van der Waals surface area (Å²) in [6.45, 7) is 2.28. The molecular weight excluding hydrogens is 214 g/mol. The molecular formula is C13H27N3O. The summed E-state index contributed by atoms with van der Waals surface area (Å²) >= 11 is 0. The van der Waals surface area contributed by atoms with Gasteiger partial charge in [0.15, 0.2) is 0 Å². The molecule has 0 aliphatic heterocycles. The molecule has 1 amide bonds. The first-order chi connectivity index (χ1) is 8.22. The zero-order chi connectivity index (χ0) is 12.5. The Kier molecular flexibility index (Phi) is 7.21. The summed E-state index contributed by atoms with van der Waals surface area (Å²) in [6, 6.07) is 0.438. The summed E-state index contributed by atoms with van der Waals surface area (Å²) in [6.07, 6.45) is 8.22. The fourth-order valence-corrected chi connectivity index (χ4v) is 2.37. The summed E-state index contributed by atoms with van der Waals surface area (Å²) in [5, 5.41) is 3.11. The second kappa shape index (κ2) is 8.48. The molecule has 1 fully saturated rings. The third-order valence-corrected chi connectivity index (χ3v) is 3.38. The molecule has 3 N–H and O–H groups in total. The van der Waals surface area contributed by atoms with Crippen LogP contribution in [-0.4, -0.2) is 43.5 Å². The smallest absolute Gasteiger partial charge is 0.234 e. The zero-order valence-corrected chi connectivity index (χ0v) is 11.1. The van der Waals surface area contributed by atoms with Crippen LogP contribution in [0.5, 0.6) is 0 Å². The minimum atomic E-state index is 0.179. The monoisotopic (exact) mass is 241 g/mol. The molecule has 0 bridgehead atoms. The van der Waals surface area contributed by atoms with Gasteiger partial charge in [-0.05, 0) is 45.8 Å². The molecule has 0 unspecified atom stereocenters. The molecule has 0 saturated heterocycles. The molecule has 0 spiro atoms. The molecule has 1 saturated carbocycles. The molecule has 4 nitrogen and oxygen atoms in total. The Morgan fingerprint density at radius 3 is 2.65 bits per heavy atom. The van der Waals surface area contributed by atoms with Crippen LogP contribution in [0.3, 0.4) is 0 Å². The average Bonchev–Trinajstić information content (AvgIpc) is 2.77. The molecule has 1 aliphatic rings. The molecule has 0 radical (unpaired) electrons. The number of nitrogens with one attached hydrogen (secondary N) is 1. The summed E-state index contributed by atoms with van der Waals surface area (Å²) in [5.74, 6) is 0.179. The Bertz CT molecular complexity index is 215. The van der Waals surface area contributed by atoms with E-state index in [9.17, 15) is 4.79 Å². The lowest BCUT2D eigenvalue weighted by molar-refractivity contribution is -0.122. The van der Waals surface area contributed by atoms with Crippen LogP contribution in [0.1, 0.15) is 44.9 Å². The van der Waals surface area contributed by atoms with Gasteiger partial charge in [-0.25, -0.2) is 0 Å². The van der Waals surface area contributed by atoms with E-state index >= 15 is 0 Å².